The quantitative estimate of drug-likeness (QED) is 0.809. The minimum Gasteiger partial charge on any atom is -0.380 e. The maximum absolute atomic E-state index is 5.69. The summed E-state index contributed by atoms with van der Waals surface area (Å²) in [6.45, 7) is 2.73. The topological polar surface area (TPSA) is 34.1 Å². The fourth-order valence-electron chi connectivity index (χ4n) is 0.812. The van der Waals surface area contributed by atoms with Crippen LogP contribution in [0.3, 0.4) is 0 Å². The summed E-state index contributed by atoms with van der Waals surface area (Å²) >= 11 is 5.69. The number of rotatable bonds is 4. The van der Waals surface area contributed by atoms with Crippen LogP contribution in [0, 0.1) is 0 Å². The van der Waals surface area contributed by atoms with E-state index >= 15 is 0 Å². The number of aromatic nitrogens is 1. The van der Waals surface area contributed by atoms with E-state index in [0.717, 1.165) is 12.4 Å². The van der Waals surface area contributed by atoms with E-state index in [1.165, 1.54) is 0 Å². The first-order valence-electron chi connectivity index (χ1n) is 4.10. The Bertz CT molecular complexity index is 250. The minimum absolute atomic E-state index is 0.178. The molecule has 1 N–H and O–H groups in total. The van der Waals surface area contributed by atoms with Crippen LogP contribution in [-0.2, 0) is 4.74 Å². The van der Waals surface area contributed by atoms with Crippen molar-refractivity contribution in [2.75, 3.05) is 19.0 Å². The third-order valence-corrected chi connectivity index (χ3v) is 1.92. The second-order valence-electron chi connectivity index (χ2n) is 2.79. The van der Waals surface area contributed by atoms with Gasteiger partial charge in [0.1, 0.15) is 5.82 Å². The van der Waals surface area contributed by atoms with Crippen molar-refractivity contribution < 1.29 is 4.74 Å². The molecule has 1 heterocycles. The lowest BCUT2D eigenvalue weighted by Gasteiger charge is -2.10. The summed E-state index contributed by atoms with van der Waals surface area (Å²) in [7, 11) is 1.68. The molecule has 1 rings (SSSR count). The van der Waals surface area contributed by atoms with Gasteiger partial charge in [-0.05, 0) is 19.1 Å². The molecular formula is C9H13ClN2O. The molecular weight excluding hydrogens is 188 g/mol. The number of hydrogen-bond acceptors (Lipinski definition) is 3. The van der Waals surface area contributed by atoms with Crippen LogP contribution in [0.5, 0.6) is 0 Å². The molecule has 0 spiro atoms. The first-order valence-corrected chi connectivity index (χ1v) is 4.48. The molecule has 72 valence electrons. The van der Waals surface area contributed by atoms with Crippen LogP contribution in [0.1, 0.15) is 6.92 Å². The third-order valence-electron chi connectivity index (χ3n) is 1.70. The van der Waals surface area contributed by atoms with E-state index in [-0.39, 0.29) is 6.10 Å². The largest absolute Gasteiger partial charge is 0.380 e. The highest BCUT2D eigenvalue weighted by Gasteiger charge is 1.99. The van der Waals surface area contributed by atoms with E-state index < -0.39 is 0 Å². The van der Waals surface area contributed by atoms with Gasteiger partial charge in [-0.3, -0.25) is 0 Å². The van der Waals surface area contributed by atoms with E-state index in [0.29, 0.717) is 5.02 Å². The van der Waals surface area contributed by atoms with Crippen molar-refractivity contribution in [2.24, 2.45) is 0 Å². The molecule has 13 heavy (non-hydrogen) atoms. The standard InChI is InChI=1S/C9H13ClN2O/c1-7(13-2)5-11-9-4-3-8(10)6-12-9/h3-4,6-7H,5H2,1-2H3,(H,11,12). The summed E-state index contributed by atoms with van der Waals surface area (Å²) in [6, 6.07) is 3.64. The summed E-state index contributed by atoms with van der Waals surface area (Å²) in [5, 5.41) is 3.77. The van der Waals surface area contributed by atoms with Gasteiger partial charge >= 0.3 is 0 Å². The number of ether oxygens (including phenoxy) is 1. The SMILES string of the molecule is COC(C)CNc1ccc(Cl)cn1. The van der Waals surface area contributed by atoms with Crippen molar-refractivity contribution in [2.45, 2.75) is 13.0 Å². The van der Waals surface area contributed by atoms with Gasteiger partial charge in [-0.1, -0.05) is 11.6 Å². The number of methoxy groups -OCH3 is 1. The van der Waals surface area contributed by atoms with Gasteiger partial charge in [0, 0.05) is 19.9 Å². The molecule has 0 aliphatic rings. The second kappa shape index (κ2) is 5.04. The first-order chi connectivity index (χ1) is 6.22. The van der Waals surface area contributed by atoms with Gasteiger partial charge in [-0.15, -0.1) is 0 Å². The molecule has 1 unspecified atom stereocenters. The van der Waals surface area contributed by atoms with Crippen LogP contribution < -0.4 is 5.32 Å². The van der Waals surface area contributed by atoms with Gasteiger partial charge in [-0.25, -0.2) is 4.98 Å². The molecule has 0 aliphatic carbocycles. The van der Waals surface area contributed by atoms with Crippen LogP contribution in [0.4, 0.5) is 5.82 Å². The van der Waals surface area contributed by atoms with Gasteiger partial charge in [-0.2, -0.15) is 0 Å². The molecule has 0 aromatic carbocycles. The van der Waals surface area contributed by atoms with E-state index in [9.17, 15) is 0 Å². The van der Waals surface area contributed by atoms with Crippen LogP contribution in [-0.4, -0.2) is 24.7 Å². The Morgan fingerprint density at radius 3 is 2.92 bits per heavy atom. The zero-order chi connectivity index (χ0) is 9.68. The van der Waals surface area contributed by atoms with E-state index in [2.05, 4.69) is 10.3 Å². The maximum Gasteiger partial charge on any atom is 0.126 e. The highest BCUT2D eigenvalue weighted by molar-refractivity contribution is 6.30. The monoisotopic (exact) mass is 200 g/mol. The molecule has 0 saturated heterocycles. The summed E-state index contributed by atoms with van der Waals surface area (Å²) < 4.78 is 5.08. The average molecular weight is 201 g/mol. The summed E-state index contributed by atoms with van der Waals surface area (Å²) in [5.74, 6) is 0.813. The maximum atomic E-state index is 5.69. The smallest absolute Gasteiger partial charge is 0.126 e. The number of pyridine rings is 1. The molecule has 0 bridgehead atoms. The van der Waals surface area contributed by atoms with Crippen molar-refractivity contribution in [3.8, 4) is 0 Å². The van der Waals surface area contributed by atoms with Crippen molar-refractivity contribution in [1.82, 2.24) is 4.98 Å². The number of nitrogens with one attached hydrogen (secondary N) is 1. The number of anilines is 1. The Morgan fingerprint density at radius 1 is 1.62 bits per heavy atom. The summed E-state index contributed by atoms with van der Waals surface area (Å²) in [5.41, 5.74) is 0. The minimum atomic E-state index is 0.178. The molecule has 3 nitrogen and oxygen atoms in total. The van der Waals surface area contributed by atoms with E-state index in [1.807, 2.05) is 13.0 Å². The molecule has 4 heteroatoms. The Hall–Kier alpha value is -0.800. The fourth-order valence-corrected chi connectivity index (χ4v) is 0.924. The summed E-state index contributed by atoms with van der Waals surface area (Å²) in [6.07, 6.45) is 1.79. The lowest BCUT2D eigenvalue weighted by molar-refractivity contribution is 0.128. The molecule has 0 aliphatic heterocycles. The molecule has 0 fully saturated rings. The Balaban J connectivity index is 2.41. The van der Waals surface area contributed by atoms with Crippen LogP contribution in [0.2, 0.25) is 5.02 Å². The number of hydrogen-bond donors (Lipinski definition) is 1. The van der Waals surface area contributed by atoms with Gasteiger partial charge in [0.25, 0.3) is 0 Å². The van der Waals surface area contributed by atoms with E-state index in [4.69, 9.17) is 16.3 Å². The third kappa shape index (κ3) is 3.61. The van der Waals surface area contributed by atoms with Gasteiger partial charge in [0.05, 0.1) is 11.1 Å². The predicted molar refractivity (Wildman–Crippen MR) is 54.2 cm³/mol. The predicted octanol–water partition coefficient (Wildman–Crippen LogP) is 2.18. The van der Waals surface area contributed by atoms with Crippen molar-refractivity contribution in [3.05, 3.63) is 23.4 Å². The lowest BCUT2D eigenvalue weighted by Crippen LogP contribution is -2.18. The average Bonchev–Trinajstić information content (AvgIpc) is 2.16. The van der Waals surface area contributed by atoms with Crippen molar-refractivity contribution in [1.29, 1.82) is 0 Å². The fraction of sp³-hybridized carbons (Fsp3) is 0.444. The molecule has 0 amide bonds. The lowest BCUT2D eigenvalue weighted by atomic mass is 10.4. The van der Waals surface area contributed by atoms with Gasteiger partial charge in [0.15, 0.2) is 0 Å². The molecule has 1 aromatic rings. The highest BCUT2D eigenvalue weighted by atomic mass is 35.5. The highest BCUT2D eigenvalue weighted by Crippen LogP contribution is 2.09. The van der Waals surface area contributed by atoms with Crippen molar-refractivity contribution in [3.63, 3.8) is 0 Å². The molecule has 1 aromatic heterocycles. The Morgan fingerprint density at radius 2 is 2.38 bits per heavy atom. The summed E-state index contributed by atoms with van der Waals surface area (Å²) in [4.78, 5) is 4.09. The second-order valence-corrected chi connectivity index (χ2v) is 3.23. The van der Waals surface area contributed by atoms with Gasteiger partial charge in [0.2, 0.25) is 0 Å². The van der Waals surface area contributed by atoms with E-state index in [1.54, 1.807) is 19.4 Å². The molecule has 1 atom stereocenters. The van der Waals surface area contributed by atoms with Crippen LogP contribution in [0.15, 0.2) is 18.3 Å². The van der Waals surface area contributed by atoms with Crippen LogP contribution in [0.25, 0.3) is 0 Å². The molecule has 0 saturated carbocycles. The molecule has 0 radical (unpaired) electrons. The Labute approximate surface area is 83.1 Å². The van der Waals surface area contributed by atoms with Crippen molar-refractivity contribution >= 4 is 17.4 Å². The van der Waals surface area contributed by atoms with Crippen LogP contribution >= 0.6 is 11.6 Å². The first kappa shape index (κ1) is 10.3. The number of halogens is 1. The normalized spacial score (nSPS) is 12.5. The Kier molecular flexibility index (Phi) is 3.99. The zero-order valence-corrected chi connectivity index (χ0v) is 8.51. The van der Waals surface area contributed by atoms with Gasteiger partial charge < -0.3 is 10.1 Å². The number of nitrogens with zero attached hydrogens (tertiary/aromatic N) is 1. The zero-order valence-electron chi connectivity index (χ0n) is 7.75.